The van der Waals surface area contributed by atoms with Crippen LogP contribution in [0.2, 0.25) is 5.02 Å². The van der Waals surface area contributed by atoms with E-state index in [1.54, 1.807) is 12.1 Å². The lowest BCUT2D eigenvalue weighted by Crippen LogP contribution is -1.75. The molecule has 0 aliphatic rings. The van der Waals surface area contributed by atoms with Crippen LogP contribution in [-0.4, -0.2) is 6.29 Å². The van der Waals surface area contributed by atoms with Crippen molar-refractivity contribution in [2.24, 2.45) is 0 Å². The minimum absolute atomic E-state index is 0.685. The van der Waals surface area contributed by atoms with Gasteiger partial charge < -0.3 is 0 Å². The summed E-state index contributed by atoms with van der Waals surface area (Å²) in [5.41, 5.74) is 0.937. The maximum Gasteiger partial charge on any atom is 0.143 e. The summed E-state index contributed by atoms with van der Waals surface area (Å²) in [7, 11) is 0. The Balaban J connectivity index is 2.97. The first kappa shape index (κ1) is 9.49. The maximum absolute atomic E-state index is 10.1. The molecule has 0 fully saturated rings. The topological polar surface area (TPSA) is 17.1 Å². The van der Waals surface area contributed by atoms with Gasteiger partial charge in [-0.05, 0) is 23.8 Å². The van der Waals surface area contributed by atoms with Crippen LogP contribution in [0.5, 0.6) is 0 Å². The van der Waals surface area contributed by atoms with E-state index < -0.39 is 0 Å². The van der Waals surface area contributed by atoms with Crippen LogP contribution in [0.15, 0.2) is 30.3 Å². The molecule has 0 heterocycles. The smallest absolute Gasteiger partial charge is 0.143 e. The summed E-state index contributed by atoms with van der Waals surface area (Å²) in [6.45, 7) is 0. The van der Waals surface area contributed by atoms with Gasteiger partial charge in [0.15, 0.2) is 0 Å². The van der Waals surface area contributed by atoms with Crippen LogP contribution in [-0.2, 0) is 4.79 Å². The summed E-state index contributed by atoms with van der Waals surface area (Å²) in [5.74, 6) is 0. The Morgan fingerprint density at radius 3 is 2.42 bits per heavy atom. The van der Waals surface area contributed by atoms with Gasteiger partial charge in [0.25, 0.3) is 0 Å². The van der Waals surface area contributed by atoms with E-state index in [2.05, 4.69) is 15.9 Å². The molecule has 0 aromatic heterocycles. The van der Waals surface area contributed by atoms with Crippen molar-refractivity contribution in [3.05, 3.63) is 40.9 Å². The lowest BCUT2D eigenvalue weighted by molar-refractivity contribution is -0.104. The third-order valence-electron chi connectivity index (χ3n) is 1.33. The molecule has 0 aliphatic carbocycles. The molecule has 1 rings (SSSR count). The zero-order chi connectivity index (χ0) is 8.97. The van der Waals surface area contributed by atoms with E-state index in [4.69, 9.17) is 11.6 Å². The van der Waals surface area contributed by atoms with E-state index >= 15 is 0 Å². The molecule has 1 aromatic rings. The minimum atomic E-state index is 0.685. The number of carbonyl (C=O) groups excluding carboxylic acids is 1. The third-order valence-corrected chi connectivity index (χ3v) is 2.31. The molecule has 0 saturated carbocycles. The Labute approximate surface area is 84.2 Å². The molecule has 0 amide bonds. The Bertz CT molecular complexity index is 303. The summed E-state index contributed by atoms with van der Waals surface area (Å²) in [6.07, 6.45) is 2.18. The van der Waals surface area contributed by atoms with Gasteiger partial charge >= 0.3 is 0 Å². The second-order valence-electron chi connectivity index (χ2n) is 2.16. The van der Waals surface area contributed by atoms with E-state index in [0.717, 1.165) is 16.3 Å². The van der Waals surface area contributed by atoms with E-state index in [1.165, 1.54) is 6.08 Å². The second kappa shape index (κ2) is 4.43. The van der Waals surface area contributed by atoms with Gasteiger partial charge in [-0.2, -0.15) is 0 Å². The molecule has 0 atom stereocenters. The lowest BCUT2D eigenvalue weighted by atomic mass is 10.2. The number of allylic oxidation sites excluding steroid dienone is 1. The van der Waals surface area contributed by atoms with Crippen LogP contribution >= 0.6 is 27.5 Å². The van der Waals surface area contributed by atoms with Crippen molar-refractivity contribution in [1.29, 1.82) is 0 Å². The van der Waals surface area contributed by atoms with Crippen LogP contribution in [0.4, 0.5) is 0 Å². The number of carbonyl (C=O) groups is 1. The molecule has 62 valence electrons. The predicted molar refractivity (Wildman–Crippen MR) is 54.4 cm³/mol. The highest BCUT2D eigenvalue weighted by molar-refractivity contribution is 9.15. The second-order valence-corrected chi connectivity index (χ2v) is 3.45. The lowest BCUT2D eigenvalue weighted by Gasteiger charge is -1.96. The normalized spacial score (nSPS) is 11.3. The minimum Gasteiger partial charge on any atom is -0.299 e. The molecule has 0 saturated heterocycles. The number of hydrogen-bond acceptors (Lipinski definition) is 1. The van der Waals surface area contributed by atoms with E-state index in [0.29, 0.717) is 5.02 Å². The highest BCUT2D eigenvalue weighted by Gasteiger charge is 1.95. The largest absolute Gasteiger partial charge is 0.299 e. The van der Waals surface area contributed by atoms with Crippen LogP contribution in [0.25, 0.3) is 4.48 Å². The predicted octanol–water partition coefficient (Wildman–Crippen LogP) is 3.27. The quantitative estimate of drug-likeness (QED) is 0.577. The first-order chi connectivity index (χ1) is 5.74. The summed E-state index contributed by atoms with van der Waals surface area (Å²) >= 11 is 8.95. The molecule has 12 heavy (non-hydrogen) atoms. The number of hydrogen-bond donors (Lipinski definition) is 0. The van der Waals surface area contributed by atoms with Crippen molar-refractivity contribution >= 4 is 38.3 Å². The molecule has 0 bridgehead atoms. The SMILES string of the molecule is O=CC=C(Br)c1ccc(Cl)cc1. The van der Waals surface area contributed by atoms with Crippen molar-refractivity contribution in [2.75, 3.05) is 0 Å². The van der Waals surface area contributed by atoms with Crippen molar-refractivity contribution < 1.29 is 4.79 Å². The van der Waals surface area contributed by atoms with Crippen molar-refractivity contribution in [1.82, 2.24) is 0 Å². The average molecular weight is 246 g/mol. The van der Waals surface area contributed by atoms with Gasteiger partial charge in [-0.1, -0.05) is 39.7 Å². The summed E-state index contributed by atoms with van der Waals surface area (Å²) in [4.78, 5) is 10.1. The Kier molecular flexibility index (Phi) is 3.50. The molecule has 0 spiro atoms. The molecule has 0 radical (unpaired) electrons. The standard InChI is InChI=1S/C9H6BrClO/c10-9(5-6-12)7-1-3-8(11)4-2-7/h1-6H. The van der Waals surface area contributed by atoms with E-state index in [9.17, 15) is 4.79 Å². The molecule has 1 nitrogen and oxygen atoms in total. The number of benzene rings is 1. The van der Waals surface area contributed by atoms with Crippen LogP contribution in [0.1, 0.15) is 5.56 Å². The van der Waals surface area contributed by atoms with Crippen molar-refractivity contribution in [2.45, 2.75) is 0 Å². The Hall–Kier alpha value is -0.600. The van der Waals surface area contributed by atoms with Gasteiger partial charge in [0.05, 0.1) is 0 Å². The molecular formula is C9H6BrClO. The number of aldehydes is 1. The van der Waals surface area contributed by atoms with Gasteiger partial charge in [0, 0.05) is 9.51 Å². The summed E-state index contributed by atoms with van der Waals surface area (Å²) < 4.78 is 0.758. The molecule has 0 unspecified atom stereocenters. The Morgan fingerprint density at radius 2 is 1.92 bits per heavy atom. The molecular weight excluding hydrogens is 239 g/mol. The van der Waals surface area contributed by atoms with Gasteiger partial charge in [-0.3, -0.25) is 4.79 Å². The third kappa shape index (κ3) is 2.47. The van der Waals surface area contributed by atoms with Gasteiger partial charge in [-0.15, -0.1) is 0 Å². The molecule has 0 aliphatic heterocycles. The molecule has 1 aromatic carbocycles. The zero-order valence-electron chi connectivity index (χ0n) is 6.13. The van der Waals surface area contributed by atoms with Gasteiger partial charge in [0.1, 0.15) is 6.29 Å². The summed E-state index contributed by atoms with van der Waals surface area (Å²) in [6, 6.07) is 7.23. The average Bonchev–Trinajstić information content (AvgIpc) is 2.06. The van der Waals surface area contributed by atoms with Gasteiger partial charge in [0.2, 0.25) is 0 Å². The fraction of sp³-hybridized carbons (Fsp3) is 0. The van der Waals surface area contributed by atoms with Crippen LogP contribution in [0.3, 0.4) is 0 Å². The number of rotatable bonds is 2. The molecule has 3 heteroatoms. The highest BCUT2D eigenvalue weighted by Crippen LogP contribution is 2.21. The first-order valence-corrected chi connectivity index (χ1v) is 4.48. The monoisotopic (exact) mass is 244 g/mol. The fourth-order valence-corrected chi connectivity index (χ4v) is 1.26. The molecule has 0 N–H and O–H groups in total. The zero-order valence-corrected chi connectivity index (χ0v) is 8.47. The van der Waals surface area contributed by atoms with Gasteiger partial charge in [-0.25, -0.2) is 0 Å². The van der Waals surface area contributed by atoms with Crippen LogP contribution in [0, 0.1) is 0 Å². The van der Waals surface area contributed by atoms with Crippen LogP contribution < -0.4 is 0 Å². The fourth-order valence-electron chi connectivity index (χ4n) is 0.765. The maximum atomic E-state index is 10.1. The van der Waals surface area contributed by atoms with Crippen molar-refractivity contribution in [3.8, 4) is 0 Å². The van der Waals surface area contributed by atoms with Crippen molar-refractivity contribution in [3.63, 3.8) is 0 Å². The first-order valence-electron chi connectivity index (χ1n) is 3.31. The number of halogens is 2. The Morgan fingerprint density at radius 1 is 1.33 bits per heavy atom. The van der Waals surface area contributed by atoms with E-state index in [1.807, 2.05) is 12.1 Å². The van der Waals surface area contributed by atoms with E-state index in [-0.39, 0.29) is 0 Å². The summed E-state index contributed by atoms with van der Waals surface area (Å²) in [5, 5.41) is 0.685. The highest BCUT2D eigenvalue weighted by atomic mass is 79.9.